The molecular weight excluding hydrogens is 428 g/mol. The van der Waals surface area contributed by atoms with Crippen LogP contribution >= 0.6 is 23.4 Å². The lowest BCUT2D eigenvalue weighted by molar-refractivity contribution is -0.144. The summed E-state index contributed by atoms with van der Waals surface area (Å²) in [5.41, 5.74) is 1.40. The zero-order valence-electron chi connectivity index (χ0n) is 16.5. The van der Waals surface area contributed by atoms with Gasteiger partial charge in [-0.3, -0.25) is 9.69 Å². The van der Waals surface area contributed by atoms with E-state index in [9.17, 15) is 9.59 Å². The Morgan fingerprint density at radius 2 is 1.93 bits per heavy atom. The van der Waals surface area contributed by atoms with E-state index in [2.05, 4.69) is 4.99 Å². The van der Waals surface area contributed by atoms with E-state index in [1.807, 2.05) is 0 Å². The summed E-state index contributed by atoms with van der Waals surface area (Å²) < 4.78 is 10.7. The molecule has 30 heavy (non-hydrogen) atoms. The zero-order chi connectivity index (χ0) is 21.8. The van der Waals surface area contributed by atoms with Gasteiger partial charge in [-0.1, -0.05) is 17.7 Å². The number of halogens is 1. The summed E-state index contributed by atoms with van der Waals surface area (Å²) in [5, 5.41) is 10.2. The Bertz CT molecular complexity index is 1040. The molecule has 1 atom stereocenters. The molecule has 0 aliphatic carbocycles. The molecule has 0 bridgehead atoms. The van der Waals surface area contributed by atoms with Crippen molar-refractivity contribution in [1.82, 2.24) is 4.90 Å². The van der Waals surface area contributed by atoms with Crippen LogP contribution in [-0.2, 0) is 9.59 Å². The largest absolute Gasteiger partial charge is 0.493 e. The van der Waals surface area contributed by atoms with Crippen LogP contribution in [-0.4, -0.2) is 47.3 Å². The monoisotopic (exact) mass is 446 g/mol. The third-order valence-electron chi connectivity index (χ3n) is 4.19. The summed E-state index contributed by atoms with van der Waals surface area (Å²) in [6.45, 7) is 1.43. The maximum absolute atomic E-state index is 12.6. The van der Waals surface area contributed by atoms with Crippen molar-refractivity contribution in [2.45, 2.75) is 13.0 Å². The van der Waals surface area contributed by atoms with Crippen molar-refractivity contribution in [2.75, 3.05) is 14.2 Å². The highest BCUT2D eigenvalue weighted by atomic mass is 35.5. The number of hydrogen-bond donors (Lipinski definition) is 1. The van der Waals surface area contributed by atoms with Crippen LogP contribution in [0, 0.1) is 0 Å². The Labute approximate surface area is 183 Å². The van der Waals surface area contributed by atoms with Crippen LogP contribution in [0.2, 0.25) is 5.02 Å². The molecule has 0 saturated carbocycles. The van der Waals surface area contributed by atoms with Gasteiger partial charge in [0.2, 0.25) is 0 Å². The van der Waals surface area contributed by atoms with Crippen LogP contribution in [0.3, 0.4) is 0 Å². The van der Waals surface area contributed by atoms with E-state index in [1.165, 1.54) is 30.7 Å². The average molecular weight is 447 g/mol. The first-order valence-electron chi connectivity index (χ1n) is 8.88. The molecule has 1 heterocycles. The summed E-state index contributed by atoms with van der Waals surface area (Å²) in [5.74, 6) is -0.573. The highest BCUT2D eigenvalue weighted by molar-refractivity contribution is 8.18. The number of methoxy groups -OCH3 is 1. The number of benzene rings is 2. The van der Waals surface area contributed by atoms with Crippen molar-refractivity contribution in [3.63, 3.8) is 0 Å². The second-order valence-corrected chi connectivity index (χ2v) is 7.80. The highest BCUT2D eigenvalue weighted by Gasteiger charge is 2.30. The van der Waals surface area contributed by atoms with Gasteiger partial charge in [0, 0.05) is 12.1 Å². The van der Waals surface area contributed by atoms with E-state index in [-0.39, 0.29) is 5.91 Å². The van der Waals surface area contributed by atoms with E-state index in [0.717, 1.165) is 0 Å². The molecule has 1 aliphatic heterocycles. The third-order valence-corrected chi connectivity index (χ3v) is 5.50. The van der Waals surface area contributed by atoms with Crippen molar-refractivity contribution in [1.29, 1.82) is 0 Å². The molecule has 2 aromatic rings. The lowest BCUT2D eigenvalue weighted by atomic mass is 10.2. The summed E-state index contributed by atoms with van der Waals surface area (Å²) in [7, 11) is 3.13. The van der Waals surface area contributed by atoms with Crippen molar-refractivity contribution in [3.8, 4) is 11.5 Å². The Kier molecular flexibility index (Phi) is 6.69. The van der Waals surface area contributed by atoms with Crippen molar-refractivity contribution >= 4 is 52.2 Å². The first-order valence-corrected chi connectivity index (χ1v) is 10.1. The number of carboxylic acid groups (broad SMARTS) is 1. The number of carboxylic acids is 1. The van der Waals surface area contributed by atoms with Gasteiger partial charge >= 0.3 is 5.97 Å². The normalized spacial score (nSPS) is 17.5. The number of rotatable bonds is 6. The van der Waals surface area contributed by atoms with Gasteiger partial charge < -0.3 is 14.6 Å². The van der Waals surface area contributed by atoms with Crippen LogP contribution in [0.15, 0.2) is 52.4 Å². The smallest absolute Gasteiger partial charge is 0.344 e. The second kappa shape index (κ2) is 9.23. The third kappa shape index (κ3) is 4.95. The van der Waals surface area contributed by atoms with E-state index in [0.29, 0.717) is 37.8 Å². The summed E-state index contributed by atoms with van der Waals surface area (Å²) in [6, 6.07) is 12.0. The Hall–Kier alpha value is -2.97. The zero-order valence-corrected chi connectivity index (χ0v) is 18.0. The number of carbonyl (C=O) groups is 2. The summed E-state index contributed by atoms with van der Waals surface area (Å²) in [4.78, 5) is 30.1. The van der Waals surface area contributed by atoms with Gasteiger partial charge in [-0.25, -0.2) is 9.79 Å². The highest BCUT2D eigenvalue weighted by Crippen LogP contribution is 2.35. The van der Waals surface area contributed by atoms with Gasteiger partial charge in [-0.2, -0.15) is 0 Å². The topological polar surface area (TPSA) is 88.4 Å². The predicted octanol–water partition coefficient (Wildman–Crippen LogP) is 4.43. The van der Waals surface area contributed by atoms with Gasteiger partial charge in [0.25, 0.3) is 5.91 Å². The number of aliphatic carboxylic acids is 1. The quantitative estimate of drug-likeness (QED) is 0.660. The number of hydrogen-bond acceptors (Lipinski definition) is 6. The van der Waals surface area contributed by atoms with Crippen LogP contribution < -0.4 is 9.47 Å². The molecule has 0 radical (unpaired) electrons. The van der Waals surface area contributed by atoms with Crippen molar-refractivity contribution in [3.05, 3.63) is 58.0 Å². The molecule has 9 heteroatoms. The fourth-order valence-corrected chi connectivity index (χ4v) is 3.65. The fourth-order valence-electron chi connectivity index (χ4n) is 2.54. The molecule has 0 spiro atoms. The molecule has 2 aromatic carbocycles. The molecule has 1 saturated heterocycles. The number of ether oxygens (including phenoxy) is 2. The predicted molar refractivity (Wildman–Crippen MR) is 118 cm³/mol. The minimum atomic E-state index is -1.08. The van der Waals surface area contributed by atoms with Crippen molar-refractivity contribution in [2.24, 2.45) is 4.99 Å². The molecule has 1 aliphatic rings. The van der Waals surface area contributed by atoms with E-state index in [1.54, 1.807) is 55.6 Å². The summed E-state index contributed by atoms with van der Waals surface area (Å²) in [6.07, 6.45) is 0.705. The number of carbonyl (C=O) groups excluding carboxylic acids is 1. The Morgan fingerprint density at radius 3 is 2.57 bits per heavy atom. The van der Waals surface area contributed by atoms with Gasteiger partial charge in [-0.15, -0.1) is 0 Å². The molecule has 0 unspecified atom stereocenters. The minimum absolute atomic E-state index is 0.175. The molecule has 1 fully saturated rings. The minimum Gasteiger partial charge on any atom is -0.493 e. The first-order chi connectivity index (χ1) is 14.3. The van der Waals surface area contributed by atoms with Gasteiger partial charge in [0.15, 0.2) is 22.8 Å². The lowest BCUT2D eigenvalue weighted by Crippen LogP contribution is -2.23. The molecular formula is C21H19ClN2O5S. The average Bonchev–Trinajstić information content (AvgIpc) is 2.98. The fraction of sp³-hybridized carbons (Fsp3) is 0.190. The maximum atomic E-state index is 12.6. The van der Waals surface area contributed by atoms with Crippen molar-refractivity contribution < 1.29 is 24.2 Å². The van der Waals surface area contributed by atoms with Gasteiger partial charge in [-0.05, 0) is 66.7 Å². The van der Waals surface area contributed by atoms with Crippen LogP contribution in [0.5, 0.6) is 11.5 Å². The standard InChI is InChI=1S/C21H19ClN2O5S/c1-12(20(26)27)29-16-9-4-13(10-17(16)28-3)11-18-19(25)24(2)21(30-18)23-15-7-5-14(22)6-8-15/h4-12H,1-3H3,(H,26,27)/b18-11-,23-21?/t12-/m1/s1. The number of amides is 1. The van der Waals surface area contributed by atoms with Crippen LogP contribution in [0.25, 0.3) is 6.08 Å². The Morgan fingerprint density at radius 1 is 1.23 bits per heavy atom. The molecule has 7 nitrogen and oxygen atoms in total. The molecule has 0 aromatic heterocycles. The maximum Gasteiger partial charge on any atom is 0.344 e. The van der Waals surface area contributed by atoms with E-state index >= 15 is 0 Å². The second-order valence-electron chi connectivity index (χ2n) is 6.35. The van der Waals surface area contributed by atoms with Gasteiger partial charge in [0.05, 0.1) is 17.7 Å². The van der Waals surface area contributed by atoms with Crippen LogP contribution in [0.4, 0.5) is 5.69 Å². The van der Waals surface area contributed by atoms with E-state index < -0.39 is 12.1 Å². The van der Waals surface area contributed by atoms with Gasteiger partial charge in [0.1, 0.15) is 0 Å². The number of likely N-dealkylation sites (N-methyl/N-ethyl adjacent to an activating group) is 1. The van der Waals surface area contributed by atoms with E-state index in [4.69, 9.17) is 26.2 Å². The number of nitrogens with zero attached hydrogens (tertiary/aromatic N) is 2. The Balaban J connectivity index is 1.84. The molecule has 1 N–H and O–H groups in total. The SMILES string of the molecule is COc1cc(/C=C2\SC(=Nc3ccc(Cl)cc3)N(C)C2=O)ccc1O[C@H](C)C(=O)O. The summed E-state index contributed by atoms with van der Waals surface area (Å²) >= 11 is 7.15. The van der Waals surface area contributed by atoms with Crippen LogP contribution in [0.1, 0.15) is 12.5 Å². The first kappa shape index (κ1) is 21.7. The number of amidine groups is 1. The number of thioether (sulfide) groups is 1. The lowest BCUT2D eigenvalue weighted by Gasteiger charge is -2.14. The number of aliphatic imine (C=N–C) groups is 1. The molecule has 156 valence electrons. The molecule has 3 rings (SSSR count). The molecule has 1 amide bonds.